The van der Waals surface area contributed by atoms with Crippen molar-refractivity contribution in [3.05, 3.63) is 55.4 Å². The summed E-state index contributed by atoms with van der Waals surface area (Å²) in [6.45, 7) is 3.02. The predicted molar refractivity (Wildman–Crippen MR) is 83.6 cm³/mol. The van der Waals surface area contributed by atoms with E-state index in [0.29, 0.717) is 0 Å². The number of thiophene rings is 1. The van der Waals surface area contributed by atoms with E-state index in [-0.39, 0.29) is 16.9 Å². The number of rotatable bonds is 5. The summed E-state index contributed by atoms with van der Waals surface area (Å²) in [6.07, 6.45) is 1.04. The maximum Gasteiger partial charge on any atom is 0.141 e. The first-order chi connectivity index (χ1) is 9.11. The zero-order chi connectivity index (χ0) is 13.8. The molecule has 0 fully saturated rings. The summed E-state index contributed by atoms with van der Waals surface area (Å²) in [4.78, 5) is 1.18. The Morgan fingerprint density at radius 3 is 2.74 bits per heavy atom. The van der Waals surface area contributed by atoms with Crippen LogP contribution in [0.2, 0.25) is 5.02 Å². The third kappa shape index (κ3) is 3.78. The molecule has 1 heterocycles. The summed E-state index contributed by atoms with van der Waals surface area (Å²) in [5.74, 6) is -0.382. The Kier molecular flexibility index (Phi) is 5.39. The first-order valence-electron chi connectivity index (χ1n) is 6.05. The average Bonchev–Trinajstić information content (AvgIpc) is 2.80. The Morgan fingerprint density at radius 1 is 1.37 bits per heavy atom. The lowest BCUT2D eigenvalue weighted by molar-refractivity contribution is 0.599. The lowest BCUT2D eigenvalue weighted by atomic mass is 10.1. The van der Waals surface area contributed by atoms with Crippen molar-refractivity contribution in [2.45, 2.75) is 19.4 Å². The van der Waals surface area contributed by atoms with Gasteiger partial charge in [-0.25, -0.2) is 4.39 Å². The quantitative estimate of drug-likeness (QED) is 0.751. The van der Waals surface area contributed by atoms with Crippen molar-refractivity contribution in [1.82, 2.24) is 5.32 Å². The molecule has 102 valence electrons. The van der Waals surface area contributed by atoms with E-state index in [2.05, 4.69) is 34.2 Å². The van der Waals surface area contributed by atoms with Crippen LogP contribution in [-0.2, 0) is 0 Å². The first-order valence-corrected chi connectivity index (χ1v) is 8.04. The van der Waals surface area contributed by atoms with Crippen LogP contribution in [0.15, 0.2) is 34.1 Å². The van der Waals surface area contributed by atoms with Gasteiger partial charge in [0.05, 0.1) is 14.9 Å². The van der Waals surface area contributed by atoms with Crippen molar-refractivity contribution in [2.75, 3.05) is 6.54 Å². The Hall–Kier alpha value is -0.420. The molecule has 0 saturated carbocycles. The third-order valence-corrected chi connectivity index (χ3v) is 4.73. The van der Waals surface area contributed by atoms with Gasteiger partial charge < -0.3 is 5.32 Å². The van der Waals surface area contributed by atoms with Gasteiger partial charge in [-0.2, -0.15) is 0 Å². The third-order valence-electron chi connectivity index (χ3n) is 2.75. The number of benzene rings is 1. The van der Waals surface area contributed by atoms with Crippen molar-refractivity contribution < 1.29 is 4.39 Å². The molecule has 0 saturated heterocycles. The van der Waals surface area contributed by atoms with Crippen molar-refractivity contribution in [1.29, 1.82) is 0 Å². The Labute approximate surface area is 129 Å². The van der Waals surface area contributed by atoms with Gasteiger partial charge >= 0.3 is 0 Å². The smallest absolute Gasteiger partial charge is 0.141 e. The van der Waals surface area contributed by atoms with Crippen molar-refractivity contribution in [3.63, 3.8) is 0 Å². The molecule has 0 aliphatic heterocycles. The Morgan fingerprint density at radius 2 is 2.16 bits per heavy atom. The summed E-state index contributed by atoms with van der Waals surface area (Å²) in [5.41, 5.74) is 0.981. The molecule has 1 nitrogen and oxygen atoms in total. The van der Waals surface area contributed by atoms with Crippen LogP contribution in [0, 0.1) is 5.82 Å². The minimum atomic E-state index is -0.382. The molecule has 0 bridgehead atoms. The molecule has 19 heavy (non-hydrogen) atoms. The maximum atomic E-state index is 13.3. The van der Waals surface area contributed by atoms with Crippen LogP contribution in [0.3, 0.4) is 0 Å². The normalized spacial score (nSPS) is 12.6. The van der Waals surface area contributed by atoms with Gasteiger partial charge in [-0.05, 0) is 58.7 Å². The molecule has 1 aromatic carbocycles. The largest absolute Gasteiger partial charge is 0.306 e. The number of hydrogen-bond donors (Lipinski definition) is 1. The summed E-state index contributed by atoms with van der Waals surface area (Å²) in [7, 11) is 0. The molecule has 2 rings (SSSR count). The molecular formula is C14H14BrClFNS. The highest BCUT2D eigenvalue weighted by Gasteiger charge is 2.16. The van der Waals surface area contributed by atoms with E-state index >= 15 is 0 Å². The topological polar surface area (TPSA) is 12.0 Å². The minimum Gasteiger partial charge on any atom is -0.306 e. The average molecular weight is 363 g/mol. The van der Waals surface area contributed by atoms with Gasteiger partial charge in [0.25, 0.3) is 0 Å². The summed E-state index contributed by atoms with van der Waals surface area (Å²) >= 11 is 11.0. The molecule has 0 aliphatic rings. The van der Waals surface area contributed by atoms with Crippen molar-refractivity contribution in [2.24, 2.45) is 0 Å². The fourth-order valence-electron chi connectivity index (χ4n) is 1.85. The number of hydrogen-bond acceptors (Lipinski definition) is 2. The standard InChI is InChI=1S/C14H14BrClFNS/c1-2-7-18-14(12-5-6-13(15)19-12)9-3-4-11(17)10(16)8-9/h3-6,8,14,18H,2,7H2,1H3. The highest BCUT2D eigenvalue weighted by Crippen LogP contribution is 2.32. The Balaban J connectivity index is 2.33. The molecule has 5 heteroatoms. The van der Waals surface area contributed by atoms with E-state index in [1.54, 1.807) is 23.5 Å². The zero-order valence-corrected chi connectivity index (χ0v) is 13.6. The molecule has 0 amide bonds. The molecule has 1 aromatic heterocycles. The lowest BCUT2D eigenvalue weighted by Crippen LogP contribution is -2.22. The molecule has 0 radical (unpaired) electrons. The fraction of sp³-hybridized carbons (Fsp3) is 0.286. The van der Waals surface area contributed by atoms with E-state index in [0.717, 1.165) is 22.3 Å². The van der Waals surface area contributed by atoms with Gasteiger partial charge in [0, 0.05) is 4.88 Å². The SMILES string of the molecule is CCCNC(c1ccc(F)c(Cl)c1)c1ccc(Br)s1. The predicted octanol–water partition coefficient (Wildman–Crippen LogP) is 5.39. The second-order valence-electron chi connectivity index (χ2n) is 4.20. The number of halogens is 3. The fourth-order valence-corrected chi connectivity index (χ4v) is 3.56. The molecule has 1 unspecified atom stereocenters. The highest BCUT2D eigenvalue weighted by molar-refractivity contribution is 9.11. The second kappa shape index (κ2) is 6.84. The Bertz CT molecular complexity index is 558. The molecule has 0 spiro atoms. The summed E-state index contributed by atoms with van der Waals surface area (Å²) in [6, 6.07) is 9.03. The van der Waals surface area contributed by atoms with Gasteiger partial charge in [-0.15, -0.1) is 11.3 Å². The number of nitrogens with one attached hydrogen (secondary N) is 1. The van der Waals surface area contributed by atoms with Crippen molar-refractivity contribution in [3.8, 4) is 0 Å². The van der Waals surface area contributed by atoms with E-state index < -0.39 is 0 Å². The zero-order valence-electron chi connectivity index (χ0n) is 10.4. The van der Waals surface area contributed by atoms with Gasteiger partial charge in [-0.1, -0.05) is 24.6 Å². The van der Waals surface area contributed by atoms with Crippen LogP contribution >= 0.6 is 38.9 Å². The van der Waals surface area contributed by atoms with E-state index in [1.807, 2.05) is 6.07 Å². The molecule has 1 atom stereocenters. The molecule has 1 N–H and O–H groups in total. The monoisotopic (exact) mass is 361 g/mol. The lowest BCUT2D eigenvalue weighted by Gasteiger charge is -2.18. The van der Waals surface area contributed by atoms with Gasteiger partial charge in [-0.3, -0.25) is 0 Å². The maximum absolute atomic E-state index is 13.3. The highest BCUT2D eigenvalue weighted by atomic mass is 79.9. The van der Waals surface area contributed by atoms with Crippen LogP contribution < -0.4 is 5.32 Å². The summed E-state index contributed by atoms with van der Waals surface area (Å²) < 4.78 is 14.3. The van der Waals surface area contributed by atoms with E-state index in [9.17, 15) is 4.39 Å². The van der Waals surface area contributed by atoms with E-state index in [4.69, 9.17) is 11.6 Å². The first kappa shape index (κ1) is 15.0. The van der Waals surface area contributed by atoms with Crippen molar-refractivity contribution >= 4 is 38.9 Å². The van der Waals surface area contributed by atoms with Crippen LogP contribution in [0.4, 0.5) is 4.39 Å². The molecular weight excluding hydrogens is 349 g/mol. The van der Waals surface area contributed by atoms with Gasteiger partial charge in [0.1, 0.15) is 5.82 Å². The van der Waals surface area contributed by atoms with Gasteiger partial charge in [0.2, 0.25) is 0 Å². The molecule has 0 aliphatic carbocycles. The van der Waals surface area contributed by atoms with Crippen LogP contribution in [0.5, 0.6) is 0 Å². The second-order valence-corrected chi connectivity index (χ2v) is 7.10. The van der Waals surface area contributed by atoms with Crippen LogP contribution in [0.1, 0.15) is 29.8 Å². The van der Waals surface area contributed by atoms with Gasteiger partial charge in [0.15, 0.2) is 0 Å². The molecule has 2 aromatic rings. The van der Waals surface area contributed by atoms with Crippen LogP contribution in [0.25, 0.3) is 0 Å². The minimum absolute atomic E-state index is 0.0503. The van der Waals surface area contributed by atoms with Crippen LogP contribution in [-0.4, -0.2) is 6.54 Å². The summed E-state index contributed by atoms with van der Waals surface area (Å²) in [5, 5.41) is 3.63. The van der Waals surface area contributed by atoms with E-state index in [1.165, 1.54) is 10.9 Å².